The third-order valence-corrected chi connectivity index (χ3v) is 4.05. The second-order valence-electron chi connectivity index (χ2n) is 4.93. The highest BCUT2D eigenvalue weighted by Crippen LogP contribution is 2.39. The summed E-state index contributed by atoms with van der Waals surface area (Å²) in [7, 11) is 0. The van der Waals surface area contributed by atoms with Gasteiger partial charge in [0.25, 0.3) is 0 Å². The van der Waals surface area contributed by atoms with E-state index in [9.17, 15) is 4.39 Å². The largest absolute Gasteiger partial charge is 0.381 e. The topological polar surface area (TPSA) is 24.9 Å². The molecule has 0 amide bonds. The zero-order valence-electron chi connectivity index (χ0n) is 10.3. The Morgan fingerprint density at radius 3 is 2.74 bits per heavy atom. The molecule has 1 aromatic carbocycles. The van der Waals surface area contributed by atoms with Crippen molar-refractivity contribution >= 4 is 21.6 Å². The summed E-state index contributed by atoms with van der Waals surface area (Å²) in [6.07, 6.45) is 3.75. The van der Waals surface area contributed by atoms with E-state index in [-0.39, 0.29) is 0 Å². The summed E-state index contributed by atoms with van der Waals surface area (Å²) in [5.74, 6) is 0.176. The highest BCUT2D eigenvalue weighted by molar-refractivity contribution is 9.10. The average Bonchev–Trinajstić information content (AvgIpc) is 2.35. The molecule has 0 spiro atoms. The Labute approximate surface area is 120 Å². The van der Waals surface area contributed by atoms with Crippen molar-refractivity contribution in [2.24, 2.45) is 0 Å². The fraction of sp³-hybridized carbons (Fsp3) is 0.267. The van der Waals surface area contributed by atoms with E-state index in [4.69, 9.17) is 0 Å². The molecule has 1 fully saturated rings. The van der Waals surface area contributed by atoms with Crippen LogP contribution in [-0.2, 0) is 0 Å². The third-order valence-electron chi connectivity index (χ3n) is 3.56. The van der Waals surface area contributed by atoms with Crippen molar-refractivity contribution in [3.63, 3.8) is 0 Å². The number of benzene rings is 1. The van der Waals surface area contributed by atoms with Gasteiger partial charge < -0.3 is 5.32 Å². The summed E-state index contributed by atoms with van der Waals surface area (Å²) in [6.45, 7) is 0. The maximum atomic E-state index is 12.7. The lowest BCUT2D eigenvalue weighted by Gasteiger charge is -2.36. The molecule has 98 valence electrons. The number of anilines is 1. The Balaban J connectivity index is 1.57. The van der Waals surface area contributed by atoms with Crippen molar-refractivity contribution in [1.82, 2.24) is 4.98 Å². The van der Waals surface area contributed by atoms with E-state index in [1.807, 2.05) is 6.07 Å². The minimum atomic E-state index is -0.439. The summed E-state index contributed by atoms with van der Waals surface area (Å²) < 4.78 is 13.8. The Kier molecular flexibility index (Phi) is 3.51. The molecule has 0 atom stereocenters. The maximum Gasteiger partial charge on any atom is 0.212 e. The molecule has 0 radical (unpaired) electrons. The van der Waals surface area contributed by atoms with Crippen molar-refractivity contribution in [3.05, 3.63) is 58.6 Å². The van der Waals surface area contributed by atoms with E-state index in [0.717, 1.165) is 23.0 Å². The van der Waals surface area contributed by atoms with E-state index >= 15 is 0 Å². The van der Waals surface area contributed by atoms with Crippen LogP contribution in [0.5, 0.6) is 0 Å². The molecule has 0 saturated heterocycles. The Morgan fingerprint density at radius 2 is 2.05 bits per heavy atom. The predicted molar refractivity (Wildman–Crippen MR) is 77.7 cm³/mol. The molecule has 0 aliphatic heterocycles. The van der Waals surface area contributed by atoms with Crippen molar-refractivity contribution < 1.29 is 4.39 Å². The number of hydrogen-bond donors (Lipinski definition) is 1. The number of aromatic nitrogens is 1. The van der Waals surface area contributed by atoms with Gasteiger partial charge >= 0.3 is 0 Å². The molecule has 4 heteroatoms. The molecule has 1 aromatic heterocycles. The third kappa shape index (κ3) is 2.95. The van der Waals surface area contributed by atoms with E-state index in [1.165, 1.54) is 11.6 Å². The first kappa shape index (κ1) is 12.6. The highest BCUT2D eigenvalue weighted by atomic mass is 79.9. The maximum absolute atomic E-state index is 12.7. The van der Waals surface area contributed by atoms with E-state index < -0.39 is 5.95 Å². The van der Waals surface area contributed by atoms with Crippen molar-refractivity contribution in [1.29, 1.82) is 0 Å². The number of halogens is 2. The number of hydrogen-bond acceptors (Lipinski definition) is 2. The van der Waals surface area contributed by atoms with Crippen LogP contribution in [0.3, 0.4) is 0 Å². The monoisotopic (exact) mass is 320 g/mol. The molecule has 0 bridgehead atoms. The van der Waals surface area contributed by atoms with Gasteiger partial charge in [-0.3, -0.25) is 0 Å². The molecule has 0 unspecified atom stereocenters. The molecule has 2 aromatic rings. The van der Waals surface area contributed by atoms with Gasteiger partial charge in [0.2, 0.25) is 5.95 Å². The second kappa shape index (κ2) is 5.29. The van der Waals surface area contributed by atoms with Crippen LogP contribution in [0.25, 0.3) is 0 Å². The molecular weight excluding hydrogens is 307 g/mol. The zero-order chi connectivity index (χ0) is 13.2. The quantitative estimate of drug-likeness (QED) is 0.851. The number of nitrogens with zero attached hydrogens (tertiary/aromatic N) is 1. The fourth-order valence-corrected chi connectivity index (χ4v) is 2.88. The van der Waals surface area contributed by atoms with Gasteiger partial charge in [0.1, 0.15) is 0 Å². The second-order valence-corrected chi connectivity index (χ2v) is 5.85. The molecule has 1 saturated carbocycles. The van der Waals surface area contributed by atoms with Gasteiger partial charge in [0.05, 0.1) is 11.9 Å². The fourth-order valence-electron chi connectivity index (χ4n) is 2.47. The number of nitrogens with one attached hydrogen (secondary N) is 1. The summed E-state index contributed by atoms with van der Waals surface area (Å²) in [5, 5.41) is 3.38. The smallest absolute Gasteiger partial charge is 0.212 e. The Morgan fingerprint density at radius 1 is 1.21 bits per heavy atom. The lowest BCUT2D eigenvalue weighted by atomic mass is 9.76. The summed E-state index contributed by atoms with van der Waals surface area (Å²) in [6, 6.07) is 12.0. The van der Waals surface area contributed by atoms with Crippen LogP contribution < -0.4 is 5.32 Å². The lowest BCUT2D eigenvalue weighted by molar-refractivity contribution is 0.374. The summed E-state index contributed by atoms with van der Waals surface area (Å²) in [4.78, 5) is 3.64. The molecule has 19 heavy (non-hydrogen) atoms. The first-order valence-electron chi connectivity index (χ1n) is 6.34. The van der Waals surface area contributed by atoms with Crippen LogP contribution in [0.2, 0.25) is 0 Å². The number of rotatable bonds is 3. The van der Waals surface area contributed by atoms with Gasteiger partial charge in [-0.15, -0.1) is 0 Å². The SMILES string of the molecule is Fc1ccc(NC2CC(c3cccc(Br)c3)C2)cn1. The van der Waals surface area contributed by atoms with E-state index in [1.54, 1.807) is 12.3 Å². The summed E-state index contributed by atoms with van der Waals surface area (Å²) >= 11 is 3.50. The van der Waals surface area contributed by atoms with E-state index in [0.29, 0.717) is 12.0 Å². The van der Waals surface area contributed by atoms with Crippen LogP contribution in [0.15, 0.2) is 47.1 Å². The summed E-state index contributed by atoms with van der Waals surface area (Å²) in [5.41, 5.74) is 2.27. The van der Waals surface area contributed by atoms with Crippen LogP contribution in [0, 0.1) is 5.95 Å². The zero-order valence-corrected chi connectivity index (χ0v) is 11.9. The standard InChI is InChI=1S/C15H14BrFN2/c16-12-3-1-2-10(6-12)11-7-14(8-11)19-13-4-5-15(17)18-9-13/h1-6,9,11,14,19H,7-8H2. The molecular formula is C15H14BrFN2. The minimum absolute atomic E-state index is 0.439. The van der Waals surface area contributed by atoms with Gasteiger partial charge in [-0.25, -0.2) is 4.98 Å². The van der Waals surface area contributed by atoms with Gasteiger partial charge in [-0.05, 0) is 48.6 Å². The first-order chi connectivity index (χ1) is 9.20. The number of pyridine rings is 1. The molecule has 3 rings (SSSR count). The first-order valence-corrected chi connectivity index (χ1v) is 7.13. The van der Waals surface area contributed by atoms with Gasteiger partial charge in [0.15, 0.2) is 0 Å². The molecule has 1 N–H and O–H groups in total. The Hall–Kier alpha value is -1.42. The molecule has 1 heterocycles. The van der Waals surface area contributed by atoms with Crippen LogP contribution in [0.1, 0.15) is 24.3 Å². The van der Waals surface area contributed by atoms with Crippen molar-refractivity contribution in [3.8, 4) is 0 Å². The van der Waals surface area contributed by atoms with Crippen molar-refractivity contribution in [2.75, 3.05) is 5.32 Å². The van der Waals surface area contributed by atoms with Gasteiger partial charge in [-0.2, -0.15) is 4.39 Å². The van der Waals surface area contributed by atoms with Crippen LogP contribution in [-0.4, -0.2) is 11.0 Å². The average molecular weight is 321 g/mol. The Bertz CT molecular complexity index is 565. The molecule has 2 nitrogen and oxygen atoms in total. The molecule has 1 aliphatic rings. The van der Waals surface area contributed by atoms with E-state index in [2.05, 4.69) is 44.4 Å². The van der Waals surface area contributed by atoms with Crippen molar-refractivity contribution in [2.45, 2.75) is 24.8 Å². The predicted octanol–water partition coefficient (Wildman–Crippen LogP) is 4.34. The van der Waals surface area contributed by atoms with Crippen LogP contribution >= 0.6 is 15.9 Å². The highest BCUT2D eigenvalue weighted by Gasteiger charge is 2.30. The van der Waals surface area contributed by atoms with Gasteiger partial charge in [-0.1, -0.05) is 28.1 Å². The van der Waals surface area contributed by atoms with Gasteiger partial charge in [0, 0.05) is 10.5 Å². The van der Waals surface area contributed by atoms with Crippen LogP contribution in [0.4, 0.5) is 10.1 Å². The molecule has 1 aliphatic carbocycles. The minimum Gasteiger partial charge on any atom is -0.381 e. The lowest BCUT2D eigenvalue weighted by Crippen LogP contribution is -2.34. The normalized spacial score (nSPS) is 21.8.